The highest BCUT2D eigenvalue weighted by Gasteiger charge is 2.30. The molecule has 1 aliphatic carbocycles. The van der Waals surface area contributed by atoms with Crippen LogP contribution < -0.4 is 5.32 Å². The molecular formula is C18H17Cl2NO2. The Labute approximate surface area is 145 Å². The van der Waals surface area contributed by atoms with Gasteiger partial charge in [-0.15, -0.1) is 0 Å². The lowest BCUT2D eigenvalue weighted by Crippen LogP contribution is -2.39. The highest BCUT2D eigenvalue weighted by atomic mass is 35.5. The first-order chi connectivity index (χ1) is 11.0. The molecule has 23 heavy (non-hydrogen) atoms. The number of nitrogens with one attached hydrogen (secondary N) is 1. The number of halogens is 2. The Bertz CT molecular complexity index is 709. The maximum absolute atomic E-state index is 10.8. The Morgan fingerprint density at radius 2 is 1.78 bits per heavy atom. The van der Waals surface area contributed by atoms with Gasteiger partial charge in [-0.2, -0.15) is 0 Å². The Morgan fingerprint density at radius 1 is 1.09 bits per heavy atom. The van der Waals surface area contributed by atoms with Crippen molar-refractivity contribution in [3.63, 3.8) is 0 Å². The summed E-state index contributed by atoms with van der Waals surface area (Å²) in [5.41, 5.74) is 2.65. The average molecular weight is 350 g/mol. The second-order valence-corrected chi connectivity index (χ2v) is 6.74. The predicted octanol–water partition coefficient (Wildman–Crippen LogP) is 4.73. The zero-order chi connectivity index (χ0) is 16.4. The van der Waals surface area contributed by atoms with E-state index in [1.54, 1.807) is 12.1 Å². The van der Waals surface area contributed by atoms with Crippen LogP contribution in [0.1, 0.15) is 40.2 Å². The maximum Gasteiger partial charge on any atom is 0.335 e. The summed E-state index contributed by atoms with van der Waals surface area (Å²) < 4.78 is 0. The molecule has 3 nitrogen and oxygen atoms in total. The van der Waals surface area contributed by atoms with E-state index < -0.39 is 5.97 Å². The van der Waals surface area contributed by atoms with E-state index in [4.69, 9.17) is 28.3 Å². The molecule has 0 heterocycles. The standard InChI is InChI=1S/C18H17Cl2NO2/c19-16-6-5-13(9-17(16)20)14-7-15(8-14)21-10-11-1-3-12(4-2-11)18(22)23/h1-6,9,14-15,21H,7-8,10H2,(H,22,23). The van der Waals surface area contributed by atoms with Gasteiger partial charge >= 0.3 is 5.97 Å². The van der Waals surface area contributed by atoms with E-state index in [1.165, 1.54) is 5.56 Å². The SMILES string of the molecule is O=C(O)c1ccc(CNC2CC(c3ccc(Cl)c(Cl)c3)C2)cc1. The van der Waals surface area contributed by atoms with Gasteiger partial charge in [-0.05, 0) is 54.2 Å². The van der Waals surface area contributed by atoms with Gasteiger partial charge in [0.1, 0.15) is 0 Å². The van der Waals surface area contributed by atoms with Gasteiger partial charge in [0.2, 0.25) is 0 Å². The third-order valence-corrected chi connectivity index (χ3v) is 5.09. The van der Waals surface area contributed by atoms with Crippen molar-refractivity contribution >= 4 is 29.2 Å². The molecule has 2 aromatic carbocycles. The average Bonchev–Trinajstić information content (AvgIpc) is 2.49. The summed E-state index contributed by atoms with van der Waals surface area (Å²) in [4.78, 5) is 10.8. The first-order valence-electron chi connectivity index (χ1n) is 7.53. The molecule has 0 atom stereocenters. The topological polar surface area (TPSA) is 49.3 Å². The molecule has 2 N–H and O–H groups in total. The van der Waals surface area contributed by atoms with Crippen molar-refractivity contribution in [1.29, 1.82) is 0 Å². The third-order valence-electron chi connectivity index (χ3n) is 4.35. The highest BCUT2D eigenvalue weighted by molar-refractivity contribution is 6.42. The molecule has 2 aromatic rings. The van der Waals surface area contributed by atoms with Crippen molar-refractivity contribution < 1.29 is 9.90 Å². The number of hydrogen-bond acceptors (Lipinski definition) is 2. The van der Waals surface area contributed by atoms with Crippen LogP contribution in [0.15, 0.2) is 42.5 Å². The van der Waals surface area contributed by atoms with Gasteiger partial charge < -0.3 is 10.4 Å². The zero-order valence-corrected chi connectivity index (χ0v) is 13.9. The minimum Gasteiger partial charge on any atom is -0.478 e. The summed E-state index contributed by atoms with van der Waals surface area (Å²) in [5, 5.41) is 13.6. The number of benzene rings is 2. The molecule has 0 bridgehead atoms. The molecule has 1 fully saturated rings. The van der Waals surface area contributed by atoms with E-state index in [9.17, 15) is 4.79 Å². The molecule has 5 heteroatoms. The van der Waals surface area contributed by atoms with Crippen molar-refractivity contribution in [2.24, 2.45) is 0 Å². The monoisotopic (exact) mass is 349 g/mol. The number of hydrogen-bond donors (Lipinski definition) is 2. The fourth-order valence-electron chi connectivity index (χ4n) is 2.85. The molecular weight excluding hydrogens is 333 g/mol. The largest absolute Gasteiger partial charge is 0.478 e. The molecule has 0 unspecified atom stereocenters. The Hall–Kier alpha value is -1.55. The summed E-state index contributed by atoms with van der Waals surface area (Å²) >= 11 is 12.0. The molecule has 0 radical (unpaired) electrons. The van der Waals surface area contributed by atoms with Crippen LogP contribution in [0.3, 0.4) is 0 Å². The molecule has 0 spiro atoms. The predicted molar refractivity (Wildman–Crippen MR) is 92.5 cm³/mol. The van der Waals surface area contributed by atoms with Crippen LogP contribution in [0.2, 0.25) is 10.0 Å². The molecule has 0 saturated heterocycles. The summed E-state index contributed by atoms with van der Waals surface area (Å²) in [5.74, 6) is -0.371. The van der Waals surface area contributed by atoms with E-state index in [-0.39, 0.29) is 0 Å². The Kier molecular flexibility index (Phi) is 4.90. The van der Waals surface area contributed by atoms with Crippen LogP contribution in [0.4, 0.5) is 0 Å². The molecule has 1 aliphatic rings. The fraction of sp³-hybridized carbons (Fsp3) is 0.278. The number of aromatic carboxylic acids is 1. The number of carboxylic acid groups (broad SMARTS) is 1. The van der Waals surface area contributed by atoms with Crippen molar-refractivity contribution in [2.75, 3.05) is 0 Å². The lowest BCUT2D eigenvalue weighted by molar-refractivity contribution is 0.0697. The molecule has 1 saturated carbocycles. The second kappa shape index (κ2) is 6.91. The number of rotatable bonds is 5. The smallest absolute Gasteiger partial charge is 0.335 e. The van der Waals surface area contributed by atoms with Crippen molar-refractivity contribution in [2.45, 2.75) is 31.3 Å². The fourth-order valence-corrected chi connectivity index (χ4v) is 3.16. The van der Waals surface area contributed by atoms with Crippen LogP contribution in [0.25, 0.3) is 0 Å². The molecule has 3 rings (SSSR count). The van der Waals surface area contributed by atoms with Gasteiger partial charge in [-0.3, -0.25) is 0 Å². The summed E-state index contributed by atoms with van der Waals surface area (Å²) in [6.45, 7) is 0.749. The van der Waals surface area contributed by atoms with Crippen molar-refractivity contribution in [1.82, 2.24) is 5.32 Å². The van der Waals surface area contributed by atoms with E-state index >= 15 is 0 Å². The van der Waals surface area contributed by atoms with Gasteiger partial charge in [-0.1, -0.05) is 41.4 Å². The molecule has 0 aliphatic heterocycles. The summed E-state index contributed by atoms with van der Waals surface area (Å²) in [6.07, 6.45) is 2.15. The van der Waals surface area contributed by atoms with Crippen molar-refractivity contribution in [3.8, 4) is 0 Å². The Balaban J connectivity index is 1.48. The number of carbonyl (C=O) groups is 1. The second-order valence-electron chi connectivity index (χ2n) is 5.92. The van der Waals surface area contributed by atoms with Crippen LogP contribution in [0, 0.1) is 0 Å². The Morgan fingerprint density at radius 3 is 2.39 bits per heavy atom. The van der Waals surface area contributed by atoms with E-state index in [0.29, 0.717) is 27.6 Å². The summed E-state index contributed by atoms with van der Waals surface area (Å²) in [7, 11) is 0. The van der Waals surface area contributed by atoms with E-state index in [1.807, 2.05) is 30.3 Å². The van der Waals surface area contributed by atoms with Gasteiger partial charge in [0.05, 0.1) is 15.6 Å². The normalized spacial score (nSPS) is 20.1. The van der Waals surface area contributed by atoms with Gasteiger partial charge in [0.15, 0.2) is 0 Å². The zero-order valence-electron chi connectivity index (χ0n) is 12.4. The lowest BCUT2D eigenvalue weighted by atomic mass is 9.76. The quantitative estimate of drug-likeness (QED) is 0.820. The first-order valence-corrected chi connectivity index (χ1v) is 8.29. The maximum atomic E-state index is 10.8. The van der Waals surface area contributed by atoms with E-state index in [2.05, 4.69) is 5.32 Å². The summed E-state index contributed by atoms with van der Waals surface area (Å²) in [6, 6.07) is 13.3. The van der Waals surface area contributed by atoms with Gasteiger partial charge in [0.25, 0.3) is 0 Å². The minimum absolute atomic E-state index is 0.317. The lowest BCUT2D eigenvalue weighted by Gasteiger charge is -2.36. The third kappa shape index (κ3) is 3.86. The van der Waals surface area contributed by atoms with Crippen LogP contribution >= 0.6 is 23.2 Å². The van der Waals surface area contributed by atoms with Crippen LogP contribution in [-0.4, -0.2) is 17.1 Å². The molecule has 0 aromatic heterocycles. The highest BCUT2D eigenvalue weighted by Crippen LogP contribution is 2.39. The first kappa shape index (κ1) is 16.3. The molecule has 120 valence electrons. The minimum atomic E-state index is -0.895. The van der Waals surface area contributed by atoms with Crippen LogP contribution in [-0.2, 0) is 6.54 Å². The van der Waals surface area contributed by atoms with E-state index in [0.717, 1.165) is 24.9 Å². The van der Waals surface area contributed by atoms with Gasteiger partial charge in [-0.25, -0.2) is 4.79 Å². The van der Waals surface area contributed by atoms with Gasteiger partial charge in [0, 0.05) is 12.6 Å². The van der Waals surface area contributed by atoms with Crippen molar-refractivity contribution in [3.05, 3.63) is 69.2 Å². The van der Waals surface area contributed by atoms with Crippen LogP contribution in [0.5, 0.6) is 0 Å². The molecule has 0 amide bonds. The number of carboxylic acids is 1.